The highest BCUT2D eigenvalue weighted by Crippen LogP contribution is 2.30. The molecule has 0 radical (unpaired) electrons. The van der Waals surface area contributed by atoms with Crippen LogP contribution >= 0.6 is 0 Å². The first-order valence-electron chi connectivity index (χ1n) is 6.57. The molecule has 3 nitrogen and oxygen atoms in total. The van der Waals surface area contributed by atoms with Crippen molar-refractivity contribution in [3.05, 3.63) is 29.8 Å². The van der Waals surface area contributed by atoms with Crippen LogP contribution in [0.15, 0.2) is 24.3 Å². The van der Waals surface area contributed by atoms with E-state index in [-0.39, 0.29) is 0 Å². The van der Waals surface area contributed by atoms with E-state index < -0.39 is 11.4 Å². The number of para-hydroxylation sites is 1. The van der Waals surface area contributed by atoms with Crippen molar-refractivity contribution in [3.8, 4) is 0 Å². The Hall–Kier alpha value is -1.51. The van der Waals surface area contributed by atoms with E-state index in [9.17, 15) is 9.90 Å². The Morgan fingerprint density at radius 1 is 1.28 bits per heavy atom. The predicted molar refractivity (Wildman–Crippen MR) is 73.0 cm³/mol. The lowest BCUT2D eigenvalue weighted by molar-refractivity contribution is -0.146. The maximum Gasteiger partial charge on any atom is 0.309 e. The van der Waals surface area contributed by atoms with Gasteiger partial charge in [-0.3, -0.25) is 4.79 Å². The van der Waals surface area contributed by atoms with Gasteiger partial charge in [-0.25, -0.2) is 0 Å². The number of hydrogen-bond acceptors (Lipinski definition) is 2. The third-order valence-electron chi connectivity index (χ3n) is 3.65. The molecule has 0 unspecified atom stereocenters. The van der Waals surface area contributed by atoms with E-state index in [1.165, 1.54) is 18.5 Å². The topological polar surface area (TPSA) is 40.5 Å². The van der Waals surface area contributed by atoms with Gasteiger partial charge < -0.3 is 10.0 Å². The van der Waals surface area contributed by atoms with Crippen molar-refractivity contribution in [1.82, 2.24) is 0 Å². The highest BCUT2D eigenvalue weighted by atomic mass is 16.4. The molecule has 0 aromatic heterocycles. The summed E-state index contributed by atoms with van der Waals surface area (Å²) in [6, 6.07) is 8.19. The Balaban J connectivity index is 2.25. The van der Waals surface area contributed by atoms with Crippen LogP contribution in [-0.2, 0) is 11.2 Å². The van der Waals surface area contributed by atoms with Crippen molar-refractivity contribution < 1.29 is 9.90 Å². The molecule has 1 aromatic rings. The van der Waals surface area contributed by atoms with Crippen LogP contribution < -0.4 is 4.90 Å². The predicted octanol–water partition coefficient (Wildman–Crippen LogP) is 2.94. The molecule has 18 heavy (non-hydrogen) atoms. The third-order valence-corrected chi connectivity index (χ3v) is 3.65. The van der Waals surface area contributed by atoms with Crippen LogP contribution in [0.4, 0.5) is 5.69 Å². The molecule has 1 aliphatic rings. The molecule has 0 aliphatic carbocycles. The van der Waals surface area contributed by atoms with Crippen LogP contribution in [0.5, 0.6) is 0 Å². The Morgan fingerprint density at radius 2 is 1.89 bits per heavy atom. The van der Waals surface area contributed by atoms with Crippen LogP contribution in [0.3, 0.4) is 0 Å². The molecule has 98 valence electrons. The zero-order valence-electron chi connectivity index (χ0n) is 11.1. The molecule has 0 amide bonds. The summed E-state index contributed by atoms with van der Waals surface area (Å²) in [6.07, 6.45) is 3.04. The molecular formula is C15H21NO2. The Kier molecular flexibility index (Phi) is 3.60. The third kappa shape index (κ3) is 2.66. The van der Waals surface area contributed by atoms with Gasteiger partial charge in [0.1, 0.15) is 0 Å². The summed E-state index contributed by atoms with van der Waals surface area (Å²) in [7, 11) is 0. The molecule has 0 atom stereocenters. The normalized spacial score (nSPS) is 16.0. The Labute approximate surface area is 108 Å². The van der Waals surface area contributed by atoms with E-state index in [0.717, 1.165) is 18.7 Å². The zero-order chi connectivity index (χ0) is 13.2. The number of aliphatic carboxylic acids is 1. The minimum absolute atomic E-state index is 0.578. The lowest BCUT2D eigenvalue weighted by atomic mass is 9.85. The number of carboxylic acid groups (broad SMARTS) is 1. The monoisotopic (exact) mass is 247 g/mol. The highest BCUT2D eigenvalue weighted by Gasteiger charge is 2.29. The van der Waals surface area contributed by atoms with Crippen molar-refractivity contribution in [2.24, 2.45) is 5.41 Å². The van der Waals surface area contributed by atoms with Crippen LogP contribution in [0.25, 0.3) is 0 Å². The molecule has 1 heterocycles. The van der Waals surface area contributed by atoms with E-state index in [4.69, 9.17) is 0 Å². The Morgan fingerprint density at radius 3 is 2.50 bits per heavy atom. The van der Waals surface area contributed by atoms with Gasteiger partial charge in [0, 0.05) is 18.8 Å². The fraction of sp³-hybridized carbons (Fsp3) is 0.533. The Bertz CT molecular complexity index is 434. The summed E-state index contributed by atoms with van der Waals surface area (Å²) in [5.74, 6) is -0.737. The van der Waals surface area contributed by atoms with Gasteiger partial charge in [0.15, 0.2) is 0 Å². The average Bonchev–Trinajstić information content (AvgIpc) is 2.82. The lowest BCUT2D eigenvalue weighted by Gasteiger charge is -2.25. The molecule has 0 saturated carbocycles. The van der Waals surface area contributed by atoms with Crippen LogP contribution in [0.2, 0.25) is 0 Å². The van der Waals surface area contributed by atoms with Crippen molar-refractivity contribution >= 4 is 11.7 Å². The lowest BCUT2D eigenvalue weighted by Crippen LogP contribution is -2.28. The maximum atomic E-state index is 11.2. The first-order valence-corrected chi connectivity index (χ1v) is 6.57. The van der Waals surface area contributed by atoms with E-state index >= 15 is 0 Å². The molecule has 1 fully saturated rings. The number of benzene rings is 1. The van der Waals surface area contributed by atoms with Crippen LogP contribution in [0, 0.1) is 5.41 Å². The van der Waals surface area contributed by atoms with Gasteiger partial charge >= 0.3 is 5.97 Å². The first kappa shape index (κ1) is 12.9. The van der Waals surface area contributed by atoms with Gasteiger partial charge in [-0.2, -0.15) is 0 Å². The fourth-order valence-corrected chi connectivity index (χ4v) is 2.48. The number of carboxylic acids is 1. The number of carbonyl (C=O) groups is 1. The second-order valence-corrected chi connectivity index (χ2v) is 5.69. The molecular weight excluding hydrogens is 226 g/mol. The maximum absolute atomic E-state index is 11.2. The van der Waals surface area contributed by atoms with Gasteiger partial charge in [-0.1, -0.05) is 18.2 Å². The van der Waals surface area contributed by atoms with Crippen molar-refractivity contribution in [3.63, 3.8) is 0 Å². The summed E-state index contributed by atoms with van der Waals surface area (Å²) in [5, 5.41) is 9.25. The van der Waals surface area contributed by atoms with E-state index in [1.54, 1.807) is 13.8 Å². The first-order chi connectivity index (χ1) is 8.50. The van der Waals surface area contributed by atoms with E-state index in [1.807, 2.05) is 12.1 Å². The summed E-state index contributed by atoms with van der Waals surface area (Å²) in [4.78, 5) is 13.6. The quantitative estimate of drug-likeness (QED) is 0.889. The number of nitrogens with zero attached hydrogens (tertiary/aromatic N) is 1. The largest absolute Gasteiger partial charge is 0.481 e. The smallest absolute Gasteiger partial charge is 0.309 e. The summed E-state index contributed by atoms with van der Waals surface area (Å²) in [5.41, 5.74) is 1.65. The fourth-order valence-electron chi connectivity index (χ4n) is 2.48. The molecule has 1 N–H and O–H groups in total. The van der Waals surface area contributed by atoms with Gasteiger partial charge in [-0.05, 0) is 44.7 Å². The molecule has 2 rings (SSSR count). The number of anilines is 1. The molecule has 1 aliphatic heterocycles. The molecule has 1 aromatic carbocycles. The zero-order valence-corrected chi connectivity index (χ0v) is 11.1. The second kappa shape index (κ2) is 5.01. The molecule has 0 bridgehead atoms. The number of rotatable bonds is 4. The second-order valence-electron chi connectivity index (χ2n) is 5.69. The van der Waals surface area contributed by atoms with Gasteiger partial charge in [-0.15, -0.1) is 0 Å². The molecule has 1 saturated heterocycles. The minimum atomic E-state index is -0.737. The number of hydrogen-bond donors (Lipinski definition) is 1. The van der Waals surface area contributed by atoms with Crippen molar-refractivity contribution in [2.45, 2.75) is 33.1 Å². The van der Waals surface area contributed by atoms with Crippen molar-refractivity contribution in [2.75, 3.05) is 18.0 Å². The minimum Gasteiger partial charge on any atom is -0.481 e. The SMILES string of the molecule is CC(C)(Cc1ccccc1N1CCCC1)C(=O)O. The van der Waals surface area contributed by atoms with E-state index in [0.29, 0.717) is 6.42 Å². The summed E-state index contributed by atoms with van der Waals surface area (Å²) in [6.45, 7) is 5.75. The standard InChI is InChI=1S/C15H21NO2/c1-15(2,14(17)18)11-12-7-3-4-8-13(12)16-9-5-6-10-16/h3-4,7-8H,5-6,9-11H2,1-2H3,(H,17,18). The average molecular weight is 247 g/mol. The van der Waals surface area contributed by atoms with E-state index in [2.05, 4.69) is 17.0 Å². The molecule has 3 heteroatoms. The summed E-state index contributed by atoms with van der Waals surface area (Å²) >= 11 is 0. The van der Waals surface area contributed by atoms with Crippen LogP contribution in [-0.4, -0.2) is 24.2 Å². The molecule has 0 spiro atoms. The highest BCUT2D eigenvalue weighted by molar-refractivity contribution is 5.74. The summed E-state index contributed by atoms with van der Waals surface area (Å²) < 4.78 is 0. The van der Waals surface area contributed by atoms with Gasteiger partial charge in [0.05, 0.1) is 5.41 Å². The van der Waals surface area contributed by atoms with Gasteiger partial charge in [0.2, 0.25) is 0 Å². The van der Waals surface area contributed by atoms with Crippen LogP contribution in [0.1, 0.15) is 32.3 Å². The van der Waals surface area contributed by atoms with Gasteiger partial charge in [0.25, 0.3) is 0 Å². The van der Waals surface area contributed by atoms with Crippen molar-refractivity contribution in [1.29, 1.82) is 0 Å².